The molecule has 174 valence electrons. The van der Waals surface area contributed by atoms with Crippen LogP contribution in [0.4, 0.5) is 14.5 Å². The molecule has 2 aromatic carbocycles. The Kier molecular flexibility index (Phi) is 5.61. The number of carbonyl (C=O) groups is 1. The first-order chi connectivity index (χ1) is 16.3. The van der Waals surface area contributed by atoms with Gasteiger partial charge in [-0.25, -0.2) is 13.8 Å². The second-order valence-electron chi connectivity index (χ2n) is 8.13. The summed E-state index contributed by atoms with van der Waals surface area (Å²) in [6, 6.07) is 9.23. The highest BCUT2D eigenvalue weighted by atomic mass is 35.5. The molecule has 5 rings (SSSR count). The summed E-state index contributed by atoms with van der Waals surface area (Å²) in [4.78, 5) is 16.4. The Labute approximate surface area is 198 Å². The Hall–Kier alpha value is -3.65. The monoisotopic (exact) mass is 483 g/mol. The van der Waals surface area contributed by atoms with Gasteiger partial charge in [-0.3, -0.25) is 4.79 Å². The molecule has 6 nitrogen and oxygen atoms in total. The van der Waals surface area contributed by atoms with Crippen LogP contribution in [-0.4, -0.2) is 33.8 Å². The van der Waals surface area contributed by atoms with Gasteiger partial charge in [0, 0.05) is 35.9 Å². The zero-order valence-corrected chi connectivity index (χ0v) is 18.9. The Morgan fingerprint density at radius 3 is 2.82 bits per heavy atom. The highest BCUT2D eigenvalue weighted by molar-refractivity contribution is 6.37. The minimum atomic E-state index is -0.984. The quantitative estimate of drug-likeness (QED) is 0.396. The largest absolute Gasteiger partial charge is 0.490 e. The molecule has 0 saturated heterocycles. The van der Waals surface area contributed by atoms with Crippen molar-refractivity contribution in [1.29, 1.82) is 0 Å². The molecular weight excluding hydrogens is 464 g/mol. The molecule has 34 heavy (non-hydrogen) atoms. The molecule has 0 bridgehead atoms. The fourth-order valence-electron chi connectivity index (χ4n) is 4.36. The lowest BCUT2D eigenvalue weighted by molar-refractivity contribution is -0.136. The van der Waals surface area contributed by atoms with Crippen LogP contribution in [0.25, 0.3) is 22.2 Å². The Balaban J connectivity index is 1.71. The number of halogens is 3. The van der Waals surface area contributed by atoms with E-state index in [1.54, 1.807) is 13.1 Å². The number of nitrogens with zero attached hydrogens (tertiary/aromatic N) is 2. The number of hydrogen-bond donors (Lipinski definition) is 2. The summed E-state index contributed by atoms with van der Waals surface area (Å²) < 4.78 is 34.6. The van der Waals surface area contributed by atoms with Gasteiger partial charge in [0.1, 0.15) is 18.0 Å². The third-order valence-electron chi connectivity index (χ3n) is 5.91. The van der Waals surface area contributed by atoms with Crippen LogP contribution in [0.3, 0.4) is 0 Å². The standard InChI is InChI=1S/C25H20ClF2N3O3/c1-13-17(11-21(32)33)22(15-3-5-20-24(23(15)26)29-7-9-34-20)16-6-8-31(25(16)30-13)12-14-2-4-18(27)19(28)10-14/h2-6,8,10,29H,7,9,11-12H2,1H3,(H,32,33). The number of fused-ring (bicyclic) bond motifs is 2. The van der Waals surface area contributed by atoms with E-state index in [0.29, 0.717) is 68.6 Å². The van der Waals surface area contributed by atoms with Crippen molar-refractivity contribution in [1.82, 2.24) is 9.55 Å². The number of nitrogens with one attached hydrogen (secondary N) is 1. The second kappa shape index (κ2) is 8.61. The zero-order valence-electron chi connectivity index (χ0n) is 18.2. The van der Waals surface area contributed by atoms with E-state index in [-0.39, 0.29) is 13.0 Å². The van der Waals surface area contributed by atoms with Crippen molar-refractivity contribution in [3.05, 3.63) is 76.1 Å². The zero-order chi connectivity index (χ0) is 24.0. The van der Waals surface area contributed by atoms with Gasteiger partial charge in [-0.05, 0) is 53.9 Å². The number of hydrogen-bond acceptors (Lipinski definition) is 4. The van der Waals surface area contributed by atoms with Gasteiger partial charge >= 0.3 is 5.97 Å². The molecule has 0 unspecified atom stereocenters. The number of carboxylic acid groups (broad SMARTS) is 1. The maximum atomic E-state index is 13.7. The fourth-order valence-corrected chi connectivity index (χ4v) is 4.68. The molecule has 0 fully saturated rings. The van der Waals surface area contributed by atoms with Crippen LogP contribution in [0.5, 0.6) is 5.75 Å². The molecule has 2 N–H and O–H groups in total. The number of aryl methyl sites for hydroxylation is 1. The van der Waals surface area contributed by atoms with Gasteiger partial charge in [0.15, 0.2) is 11.6 Å². The number of carboxylic acids is 1. The first kappa shape index (κ1) is 22.2. The van der Waals surface area contributed by atoms with Crippen LogP contribution in [0.2, 0.25) is 5.02 Å². The summed E-state index contributed by atoms with van der Waals surface area (Å²) in [5.41, 5.74) is 4.27. The van der Waals surface area contributed by atoms with Crippen LogP contribution in [-0.2, 0) is 17.8 Å². The van der Waals surface area contributed by atoms with Crippen molar-refractivity contribution >= 4 is 34.3 Å². The van der Waals surface area contributed by atoms with Gasteiger partial charge in [-0.15, -0.1) is 0 Å². The number of aliphatic carboxylic acids is 1. The molecule has 0 saturated carbocycles. The SMILES string of the molecule is Cc1nc2c(ccn2Cc2ccc(F)c(F)c2)c(-c2ccc3c(c2Cl)NCCO3)c1CC(=O)O. The van der Waals surface area contributed by atoms with Crippen molar-refractivity contribution in [2.75, 3.05) is 18.5 Å². The maximum Gasteiger partial charge on any atom is 0.307 e. The lowest BCUT2D eigenvalue weighted by Crippen LogP contribution is -2.18. The molecule has 0 atom stereocenters. The van der Waals surface area contributed by atoms with E-state index in [4.69, 9.17) is 16.3 Å². The number of ether oxygens (including phenoxy) is 1. The van der Waals surface area contributed by atoms with E-state index >= 15 is 0 Å². The van der Waals surface area contributed by atoms with E-state index in [0.717, 1.165) is 12.1 Å². The molecule has 1 aliphatic heterocycles. The highest BCUT2D eigenvalue weighted by Crippen LogP contribution is 2.45. The fraction of sp³-hybridized carbons (Fsp3) is 0.200. The minimum absolute atomic E-state index is 0.226. The van der Waals surface area contributed by atoms with Crippen LogP contribution < -0.4 is 10.1 Å². The second-order valence-corrected chi connectivity index (χ2v) is 8.50. The van der Waals surface area contributed by atoms with Crippen LogP contribution in [0.1, 0.15) is 16.8 Å². The Morgan fingerprint density at radius 2 is 2.06 bits per heavy atom. The summed E-state index contributed by atoms with van der Waals surface area (Å²) in [5.74, 6) is -2.17. The first-order valence-corrected chi connectivity index (χ1v) is 11.0. The minimum Gasteiger partial charge on any atom is -0.490 e. The van der Waals surface area contributed by atoms with Crippen LogP contribution >= 0.6 is 11.6 Å². The average molecular weight is 484 g/mol. The third kappa shape index (κ3) is 3.84. The number of benzene rings is 2. The highest BCUT2D eigenvalue weighted by Gasteiger charge is 2.24. The van der Waals surface area contributed by atoms with E-state index in [1.807, 2.05) is 22.8 Å². The van der Waals surface area contributed by atoms with Gasteiger partial charge < -0.3 is 19.7 Å². The van der Waals surface area contributed by atoms with Crippen molar-refractivity contribution in [2.24, 2.45) is 0 Å². The number of aromatic nitrogens is 2. The van der Waals surface area contributed by atoms with Crippen LogP contribution in [0.15, 0.2) is 42.6 Å². The molecule has 0 amide bonds. The van der Waals surface area contributed by atoms with Gasteiger partial charge in [-0.2, -0.15) is 0 Å². The molecule has 9 heteroatoms. The van der Waals surface area contributed by atoms with Crippen molar-refractivity contribution in [3.63, 3.8) is 0 Å². The summed E-state index contributed by atoms with van der Waals surface area (Å²) in [5, 5.41) is 14.0. The number of rotatable bonds is 5. The first-order valence-electron chi connectivity index (χ1n) is 10.7. The molecule has 0 aliphatic carbocycles. The molecule has 3 heterocycles. The Bertz CT molecular complexity index is 1450. The van der Waals surface area contributed by atoms with E-state index in [2.05, 4.69) is 10.3 Å². The maximum absolute atomic E-state index is 13.7. The van der Waals surface area contributed by atoms with Crippen molar-refractivity contribution in [2.45, 2.75) is 19.9 Å². The lowest BCUT2D eigenvalue weighted by atomic mass is 9.93. The molecule has 4 aromatic rings. The molecule has 0 radical (unpaired) electrons. The topological polar surface area (TPSA) is 76.4 Å². The normalized spacial score (nSPS) is 12.8. The van der Waals surface area contributed by atoms with Crippen molar-refractivity contribution < 1.29 is 23.4 Å². The summed E-state index contributed by atoms with van der Waals surface area (Å²) in [6.07, 6.45) is 1.57. The molecule has 1 aliphatic rings. The third-order valence-corrected chi connectivity index (χ3v) is 6.31. The van der Waals surface area contributed by atoms with Crippen LogP contribution in [0, 0.1) is 18.6 Å². The van der Waals surface area contributed by atoms with Crippen molar-refractivity contribution in [3.8, 4) is 16.9 Å². The number of pyridine rings is 1. The number of anilines is 1. The molecule has 0 spiro atoms. The summed E-state index contributed by atoms with van der Waals surface area (Å²) in [6.45, 7) is 3.15. The predicted molar refractivity (Wildman–Crippen MR) is 126 cm³/mol. The van der Waals surface area contributed by atoms with Gasteiger partial charge in [0.25, 0.3) is 0 Å². The molecule has 2 aromatic heterocycles. The molecular formula is C25H20ClF2N3O3. The average Bonchev–Trinajstić information content (AvgIpc) is 3.19. The van der Waals surface area contributed by atoms with E-state index in [1.165, 1.54) is 6.07 Å². The van der Waals surface area contributed by atoms with E-state index < -0.39 is 17.6 Å². The van der Waals surface area contributed by atoms with Gasteiger partial charge in [-0.1, -0.05) is 17.7 Å². The summed E-state index contributed by atoms with van der Waals surface area (Å²) >= 11 is 6.80. The van der Waals surface area contributed by atoms with E-state index in [9.17, 15) is 18.7 Å². The predicted octanol–water partition coefficient (Wildman–Crippen LogP) is 5.42. The Morgan fingerprint density at radius 1 is 1.24 bits per heavy atom. The summed E-state index contributed by atoms with van der Waals surface area (Å²) in [7, 11) is 0. The lowest BCUT2D eigenvalue weighted by Gasteiger charge is -2.23. The van der Waals surface area contributed by atoms with Gasteiger partial charge in [0.2, 0.25) is 0 Å². The smallest absolute Gasteiger partial charge is 0.307 e. The van der Waals surface area contributed by atoms with Gasteiger partial charge in [0.05, 0.1) is 17.1 Å².